The zero-order valence-corrected chi connectivity index (χ0v) is 13.2. The second kappa shape index (κ2) is 6.11. The maximum absolute atomic E-state index is 14.0. The van der Waals surface area contributed by atoms with Crippen LogP contribution >= 0.6 is 31.9 Å². The Balaban J connectivity index is 2.56. The van der Waals surface area contributed by atoms with Gasteiger partial charge in [-0.15, -0.1) is 0 Å². The maximum Gasteiger partial charge on any atom is 0.137 e. The van der Waals surface area contributed by atoms with Gasteiger partial charge in [-0.25, -0.2) is 8.78 Å². The Hall–Kier alpha value is -0.780. The third-order valence-electron chi connectivity index (χ3n) is 2.85. The van der Waals surface area contributed by atoms with Crippen LogP contribution in [0.25, 0.3) is 0 Å². The third-order valence-corrected chi connectivity index (χ3v) is 4.18. The van der Waals surface area contributed by atoms with Gasteiger partial charge in [0.15, 0.2) is 0 Å². The molecule has 0 radical (unpaired) electrons. The van der Waals surface area contributed by atoms with Gasteiger partial charge in [0.2, 0.25) is 0 Å². The molecule has 0 spiro atoms. The highest BCUT2D eigenvalue weighted by atomic mass is 79.9. The van der Waals surface area contributed by atoms with Gasteiger partial charge in [0.25, 0.3) is 0 Å². The first kappa shape index (κ1) is 14.6. The number of hydrogen-bond acceptors (Lipinski definition) is 1. The average Bonchev–Trinajstić information content (AvgIpc) is 2.39. The summed E-state index contributed by atoms with van der Waals surface area (Å²) in [5, 5.41) is 3.01. The van der Waals surface area contributed by atoms with Crippen LogP contribution in [0, 0.1) is 11.6 Å². The summed E-state index contributed by atoms with van der Waals surface area (Å²) in [4.78, 5) is 0. The van der Waals surface area contributed by atoms with Crippen LogP contribution < -0.4 is 5.32 Å². The zero-order chi connectivity index (χ0) is 14.0. The van der Waals surface area contributed by atoms with Gasteiger partial charge in [0.05, 0.1) is 10.5 Å². The van der Waals surface area contributed by atoms with Crippen molar-refractivity contribution in [2.75, 3.05) is 7.05 Å². The molecule has 0 aliphatic heterocycles. The van der Waals surface area contributed by atoms with Crippen LogP contribution in [0.4, 0.5) is 8.78 Å². The van der Waals surface area contributed by atoms with Crippen molar-refractivity contribution in [1.82, 2.24) is 5.32 Å². The molecule has 2 aromatic carbocycles. The van der Waals surface area contributed by atoms with Crippen LogP contribution in [0.5, 0.6) is 0 Å². The van der Waals surface area contributed by atoms with Crippen molar-refractivity contribution in [2.45, 2.75) is 6.04 Å². The molecule has 1 unspecified atom stereocenters. The second-order valence-corrected chi connectivity index (χ2v) is 5.74. The Labute approximate surface area is 127 Å². The highest BCUT2D eigenvalue weighted by Crippen LogP contribution is 2.32. The lowest BCUT2D eigenvalue weighted by molar-refractivity contribution is 0.568. The molecule has 100 valence electrons. The Kier molecular flexibility index (Phi) is 4.71. The Bertz CT molecular complexity index is 600. The molecule has 19 heavy (non-hydrogen) atoms. The normalized spacial score (nSPS) is 12.5. The topological polar surface area (TPSA) is 12.0 Å². The van der Waals surface area contributed by atoms with Gasteiger partial charge in [-0.3, -0.25) is 0 Å². The molecule has 2 aromatic rings. The second-order valence-electron chi connectivity index (χ2n) is 4.03. The highest BCUT2D eigenvalue weighted by molar-refractivity contribution is 9.10. The van der Waals surface area contributed by atoms with E-state index in [4.69, 9.17) is 0 Å². The first-order valence-corrected chi connectivity index (χ1v) is 7.19. The zero-order valence-electron chi connectivity index (χ0n) is 10.1. The van der Waals surface area contributed by atoms with E-state index in [2.05, 4.69) is 37.2 Å². The van der Waals surface area contributed by atoms with E-state index in [-0.39, 0.29) is 11.6 Å². The summed E-state index contributed by atoms with van der Waals surface area (Å²) in [6.45, 7) is 0. The Morgan fingerprint density at radius 1 is 1.00 bits per heavy atom. The van der Waals surface area contributed by atoms with Crippen LogP contribution in [0.3, 0.4) is 0 Å². The number of halogens is 4. The summed E-state index contributed by atoms with van der Waals surface area (Å²) in [5.74, 6) is -0.702. The molecule has 2 rings (SSSR count). The minimum Gasteiger partial charge on any atom is -0.309 e. The molecule has 0 fully saturated rings. The standard InChI is InChI=1S/C14H11Br2F2N/c1-19-14(9-3-2-4-12(18)13(9)16)10-7-8(15)5-6-11(10)17/h2-7,14,19H,1H3. The Morgan fingerprint density at radius 3 is 2.42 bits per heavy atom. The van der Waals surface area contributed by atoms with Gasteiger partial charge < -0.3 is 5.32 Å². The SMILES string of the molecule is CNC(c1cc(Br)ccc1F)c1cccc(F)c1Br. The van der Waals surface area contributed by atoms with E-state index in [0.717, 1.165) is 4.47 Å². The first-order valence-electron chi connectivity index (χ1n) is 5.60. The molecule has 1 atom stereocenters. The molecular weight excluding hydrogens is 380 g/mol. The van der Waals surface area contributed by atoms with Gasteiger partial charge in [-0.05, 0) is 52.8 Å². The lowest BCUT2D eigenvalue weighted by atomic mass is 9.98. The summed E-state index contributed by atoms with van der Waals surface area (Å²) >= 11 is 6.53. The smallest absolute Gasteiger partial charge is 0.137 e. The minimum atomic E-state index is -0.428. The summed E-state index contributed by atoms with van der Waals surface area (Å²) < 4.78 is 28.7. The lowest BCUT2D eigenvalue weighted by Crippen LogP contribution is -2.19. The number of hydrogen-bond donors (Lipinski definition) is 1. The summed E-state index contributed by atoms with van der Waals surface area (Å²) in [7, 11) is 1.71. The van der Waals surface area contributed by atoms with Crippen molar-refractivity contribution >= 4 is 31.9 Å². The molecule has 0 saturated heterocycles. The minimum absolute atomic E-state index is 0.335. The van der Waals surface area contributed by atoms with E-state index >= 15 is 0 Å². The fraction of sp³-hybridized carbons (Fsp3) is 0.143. The lowest BCUT2D eigenvalue weighted by Gasteiger charge is -2.19. The Morgan fingerprint density at radius 2 is 1.74 bits per heavy atom. The molecular formula is C14H11Br2F2N. The van der Waals surface area contributed by atoms with E-state index in [1.165, 1.54) is 12.1 Å². The quantitative estimate of drug-likeness (QED) is 0.793. The molecule has 0 aliphatic rings. The molecule has 0 amide bonds. The van der Waals surface area contributed by atoms with Crippen molar-refractivity contribution < 1.29 is 8.78 Å². The number of benzene rings is 2. The fourth-order valence-electron chi connectivity index (χ4n) is 1.96. The van der Waals surface area contributed by atoms with E-state index in [9.17, 15) is 8.78 Å². The van der Waals surface area contributed by atoms with Crippen LogP contribution in [0.2, 0.25) is 0 Å². The third kappa shape index (κ3) is 3.04. The largest absolute Gasteiger partial charge is 0.309 e. The monoisotopic (exact) mass is 389 g/mol. The van der Waals surface area contributed by atoms with Crippen LogP contribution in [0.1, 0.15) is 17.2 Å². The fourth-order valence-corrected chi connectivity index (χ4v) is 2.83. The molecule has 0 saturated carbocycles. The van der Waals surface area contributed by atoms with Crippen molar-refractivity contribution in [3.05, 3.63) is 68.1 Å². The van der Waals surface area contributed by atoms with Gasteiger partial charge in [-0.1, -0.05) is 28.1 Å². The maximum atomic E-state index is 14.0. The van der Waals surface area contributed by atoms with Gasteiger partial charge >= 0.3 is 0 Å². The van der Waals surface area contributed by atoms with Gasteiger partial charge in [0.1, 0.15) is 11.6 Å². The molecule has 5 heteroatoms. The van der Waals surface area contributed by atoms with E-state index < -0.39 is 6.04 Å². The molecule has 1 N–H and O–H groups in total. The van der Waals surface area contributed by atoms with Crippen LogP contribution in [0.15, 0.2) is 45.3 Å². The molecule has 0 aromatic heterocycles. The van der Waals surface area contributed by atoms with Crippen LogP contribution in [-0.4, -0.2) is 7.05 Å². The number of nitrogens with one attached hydrogen (secondary N) is 1. The molecule has 1 nitrogen and oxygen atoms in total. The van der Waals surface area contributed by atoms with Crippen LogP contribution in [-0.2, 0) is 0 Å². The van der Waals surface area contributed by atoms with E-state index in [0.29, 0.717) is 15.6 Å². The predicted molar refractivity (Wildman–Crippen MR) is 79.1 cm³/mol. The van der Waals surface area contributed by atoms with E-state index in [1.807, 2.05) is 0 Å². The number of rotatable bonds is 3. The van der Waals surface area contributed by atoms with Crippen molar-refractivity contribution in [3.63, 3.8) is 0 Å². The van der Waals surface area contributed by atoms with E-state index in [1.54, 1.807) is 31.3 Å². The molecule has 0 bridgehead atoms. The molecule has 0 heterocycles. The van der Waals surface area contributed by atoms with Gasteiger partial charge in [0, 0.05) is 10.0 Å². The first-order chi connectivity index (χ1) is 9.04. The molecule has 0 aliphatic carbocycles. The van der Waals surface area contributed by atoms with Crippen molar-refractivity contribution in [2.24, 2.45) is 0 Å². The van der Waals surface area contributed by atoms with Gasteiger partial charge in [-0.2, -0.15) is 0 Å². The van der Waals surface area contributed by atoms with Crippen molar-refractivity contribution in [1.29, 1.82) is 0 Å². The summed E-state index contributed by atoms with van der Waals surface area (Å²) in [6, 6.07) is 9.00. The summed E-state index contributed by atoms with van der Waals surface area (Å²) in [5.41, 5.74) is 1.11. The highest BCUT2D eigenvalue weighted by Gasteiger charge is 2.20. The summed E-state index contributed by atoms with van der Waals surface area (Å²) in [6.07, 6.45) is 0. The average molecular weight is 391 g/mol. The predicted octanol–water partition coefficient (Wildman–Crippen LogP) is 4.80. The van der Waals surface area contributed by atoms with Crippen molar-refractivity contribution in [3.8, 4) is 0 Å².